The Balaban J connectivity index is 2.62. The van der Waals surface area contributed by atoms with Crippen LogP contribution in [-0.4, -0.2) is 30.1 Å². The summed E-state index contributed by atoms with van der Waals surface area (Å²) in [5, 5.41) is 14.0. The molecule has 1 rings (SSSR count). The molecule has 0 aliphatic rings. The number of amides is 1. The van der Waals surface area contributed by atoms with Crippen molar-refractivity contribution in [1.82, 2.24) is 5.32 Å². The summed E-state index contributed by atoms with van der Waals surface area (Å²) in [5.74, 6) is -1.34. The quantitative estimate of drug-likeness (QED) is 0.759. The molecule has 0 atom stereocenters. The molecule has 1 aromatic carbocycles. The lowest BCUT2D eigenvalue weighted by Gasteiger charge is -2.11. The van der Waals surface area contributed by atoms with Gasteiger partial charge in [-0.1, -0.05) is 17.7 Å². The summed E-state index contributed by atoms with van der Waals surface area (Å²) in [6.45, 7) is 3.43. The summed E-state index contributed by atoms with van der Waals surface area (Å²) in [5.41, 5.74) is 2.44. The standard InChI is InChI=1S/C12H15ClN2O3/c1-7-3-8(2)12(9(13)4-7)15-10(16)5-14-6-11(17)18/h3-4,14H,5-6H2,1-2H3,(H,15,16)(H,17,18). The molecule has 0 aliphatic heterocycles. The summed E-state index contributed by atoms with van der Waals surface area (Å²) in [6.07, 6.45) is 0. The van der Waals surface area contributed by atoms with Gasteiger partial charge in [-0.25, -0.2) is 0 Å². The second-order valence-electron chi connectivity index (χ2n) is 3.98. The van der Waals surface area contributed by atoms with Crippen molar-refractivity contribution in [3.8, 4) is 0 Å². The Morgan fingerprint density at radius 2 is 1.94 bits per heavy atom. The SMILES string of the molecule is Cc1cc(C)c(NC(=O)CNCC(=O)O)c(Cl)c1. The second kappa shape index (κ2) is 6.37. The predicted octanol–water partition coefficient (Wildman–Crippen LogP) is 1.57. The van der Waals surface area contributed by atoms with Crippen molar-refractivity contribution in [2.45, 2.75) is 13.8 Å². The van der Waals surface area contributed by atoms with Gasteiger partial charge >= 0.3 is 5.97 Å². The fraction of sp³-hybridized carbons (Fsp3) is 0.333. The summed E-state index contributed by atoms with van der Waals surface area (Å²) < 4.78 is 0. The van der Waals surface area contributed by atoms with Gasteiger partial charge in [-0.3, -0.25) is 14.9 Å². The molecule has 0 bridgehead atoms. The number of benzene rings is 1. The molecular formula is C12H15ClN2O3. The molecule has 1 amide bonds. The van der Waals surface area contributed by atoms with Gasteiger partial charge in [0, 0.05) is 0 Å². The van der Waals surface area contributed by atoms with Gasteiger partial charge in [0.25, 0.3) is 0 Å². The van der Waals surface area contributed by atoms with E-state index < -0.39 is 5.97 Å². The summed E-state index contributed by atoms with van der Waals surface area (Å²) in [4.78, 5) is 21.8. The van der Waals surface area contributed by atoms with Crippen LogP contribution in [-0.2, 0) is 9.59 Å². The lowest BCUT2D eigenvalue weighted by Crippen LogP contribution is -2.32. The Hall–Kier alpha value is -1.59. The number of carbonyl (C=O) groups is 2. The van der Waals surface area contributed by atoms with E-state index in [4.69, 9.17) is 16.7 Å². The normalized spacial score (nSPS) is 10.2. The Kier molecular flexibility index (Phi) is 5.12. The third-order valence-electron chi connectivity index (χ3n) is 2.26. The van der Waals surface area contributed by atoms with Crippen molar-refractivity contribution >= 4 is 29.2 Å². The van der Waals surface area contributed by atoms with Gasteiger partial charge in [-0.2, -0.15) is 0 Å². The fourth-order valence-corrected chi connectivity index (χ4v) is 1.91. The van der Waals surface area contributed by atoms with Crippen molar-refractivity contribution in [1.29, 1.82) is 0 Å². The van der Waals surface area contributed by atoms with Crippen LogP contribution < -0.4 is 10.6 Å². The number of nitrogens with one attached hydrogen (secondary N) is 2. The number of carbonyl (C=O) groups excluding carboxylic acids is 1. The Labute approximate surface area is 110 Å². The molecule has 0 saturated heterocycles. The number of aliphatic carboxylic acids is 1. The van der Waals surface area contributed by atoms with E-state index in [-0.39, 0.29) is 19.0 Å². The van der Waals surface area contributed by atoms with Gasteiger partial charge < -0.3 is 10.4 Å². The van der Waals surface area contributed by atoms with E-state index in [0.29, 0.717) is 10.7 Å². The summed E-state index contributed by atoms with van der Waals surface area (Å²) in [6, 6.07) is 3.67. The van der Waals surface area contributed by atoms with Crippen LogP contribution in [0.1, 0.15) is 11.1 Å². The number of hydrogen-bond donors (Lipinski definition) is 3. The van der Waals surface area contributed by atoms with Crippen LogP contribution in [0.4, 0.5) is 5.69 Å². The highest BCUT2D eigenvalue weighted by Crippen LogP contribution is 2.27. The topological polar surface area (TPSA) is 78.4 Å². The zero-order valence-corrected chi connectivity index (χ0v) is 11.0. The number of aryl methyl sites for hydroxylation is 2. The van der Waals surface area contributed by atoms with Gasteiger partial charge in [0.05, 0.1) is 23.8 Å². The number of rotatable bonds is 5. The second-order valence-corrected chi connectivity index (χ2v) is 4.39. The minimum atomic E-state index is -1.01. The third kappa shape index (κ3) is 4.35. The first-order valence-corrected chi connectivity index (χ1v) is 5.77. The molecule has 0 unspecified atom stereocenters. The summed E-state index contributed by atoms with van der Waals surface area (Å²) in [7, 11) is 0. The first-order valence-electron chi connectivity index (χ1n) is 5.39. The average molecular weight is 271 g/mol. The smallest absolute Gasteiger partial charge is 0.317 e. The predicted molar refractivity (Wildman–Crippen MR) is 70.1 cm³/mol. The van der Waals surface area contributed by atoms with Crippen molar-refractivity contribution in [2.24, 2.45) is 0 Å². The van der Waals surface area contributed by atoms with E-state index in [9.17, 15) is 9.59 Å². The maximum Gasteiger partial charge on any atom is 0.317 e. The van der Waals surface area contributed by atoms with Crippen molar-refractivity contribution in [2.75, 3.05) is 18.4 Å². The largest absolute Gasteiger partial charge is 0.480 e. The number of anilines is 1. The third-order valence-corrected chi connectivity index (χ3v) is 2.56. The van der Waals surface area contributed by atoms with E-state index in [2.05, 4.69) is 10.6 Å². The van der Waals surface area contributed by atoms with Crippen LogP contribution in [0.5, 0.6) is 0 Å². The minimum absolute atomic E-state index is 0.0735. The highest BCUT2D eigenvalue weighted by atomic mass is 35.5. The molecule has 0 aliphatic carbocycles. The molecule has 1 aromatic rings. The van der Waals surface area contributed by atoms with Gasteiger partial charge in [0.2, 0.25) is 5.91 Å². The molecule has 0 saturated carbocycles. The van der Waals surface area contributed by atoms with E-state index in [1.54, 1.807) is 6.07 Å². The van der Waals surface area contributed by atoms with Gasteiger partial charge in [0.15, 0.2) is 0 Å². The van der Waals surface area contributed by atoms with E-state index in [0.717, 1.165) is 11.1 Å². The number of halogens is 1. The first kappa shape index (κ1) is 14.5. The lowest BCUT2D eigenvalue weighted by molar-refractivity contribution is -0.135. The first-order chi connectivity index (χ1) is 8.40. The van der Waals surface area contributed by atoms with Gasteiger partial charge in [0.1, 0.15) is 0 Å². The zero-order chi connectivity index (χ0) is 13.7. The summed E-state index contributed by atoms with van der Waals surface area (Å²) >= 11 is 6.03. The fourth-order valence-electron chi connectivity index (χ4n) is 1.54. The maximum absolute atomic E-state index is 11.6. The number of carboxylic acids is 1. The van der Waals surface area contributed by atoms with Crippen molar-refractivity contribution in [3.05, 3.63) is 28.3 Å². The molecule has 0 spiro atoms. The molecule has 0 heterocycles. The van der Waals surface area contributed by atoms with Crippen molar-refractivity contribution < 1.29 is 14.7 Å². The molecule has 3 N–H and O–H groups in total. The lowest BCUT2D eigenvalue weighted by atomic mass is 10.1. The number of hydrogen-bond acceptors (Lipinski definition) is 3. The Morgan fingerprint density at radius 3 is 2.50 bits per heavy atom. The maximum atomic E-state index is 11.6. The molecule has 0 fully saturated rings. The minimum Gasteiger partial charge on any atom is -0.480 e. The Morgan fingerprint density at radius 1 is 1.28 bits per heavy atom. The monoisotopic (exact) mass is 270 g/mol. The van der Waals surface area contributed by atoms with Crippen LogP contribution in [0, 0.1) is 13.8 Å². The van der Waals surface area contributed by atoms with E-state index in [1.807, 2.05) is 19.9 Å². The molecule has 18 heavy (non-hydrogen) atoms. The van der Waals surface area contributed by atoms with Gasteiger partial charge in [-0.15, -0.1) is 0 Å². The molecule has 6 heteroatoms. The van der Waals surface area contributed by atoms with Crippen LogP contribution >= 0.6 is 11.6 Å². The molecule has 5 nitrogen and oxygen atoms in total. The molecule has 98 valence electrons. The van der Waals surface area contributed by atoms with Crippen LogP contribution in [0.2, 0.25) is 5.02 Å². The van der Waals surface area contributed by atoms with Gasteiger partial charge in [-0.05, 0) is 31.0 Å². The molecule has 0 radical (unpaired) electrons. The van der Waals surface area contributed by atoms with Crippen molar-refractivity contribution in [3.63, 3.8) is 0 Å². The highest BCUT2D eigenvalue weighted by Gasteiger charge is 2.09. The highest BCUT2D eigenvalue weighted by molar-refractivity contribution is 6.34. The van der Waals surface area contributed by atoms with Crippen LogP contribution in [0.25, 0.3) is 0 Å². The van der Waals surface area contributed by atoms with E-state index in [1.165, 1.54) is 0 Å². The zero-order valence-electron chi connectivity index (χ0n) is 10.2. The van der Waals surface area contributed by atoms with E-state index >= 15 is 0 Å². The Bertz CT molecular complexity index is 451. The average Bonchev–Trinajstić information content (AvgIpc) is 2.22. The molecule has 0 aromatic heterocycles. The number of carboxylic acid groups (broad SMARTS) is 1. The van der Waals surface area contributed by atoms with Crippen LogP contribution in [0.15, 0.2) is 12.1 Å². The van der Waals surface area contributed by atoms with Crippen LogP contribution in [0.3, 0.4) is 0 Å². The molecular weight excluding hydrogens is 256 g/mol.